The Morgan fingerprint density at radius 1 is 1.21 bits per heavy atom. The summed E-state index contributed by atoms with van der Waals surface area (Å²) in [6, 6.07) is 0. The molecule has 1 N–H and O–H groups in total. The molecule has 2 heterocycles. The van der Waals surface area contributed by atoms with Crippen molar-refractivity contribution in [2.45, 2.75) is 83.2 Å². The van der Waals surface area contributed by atoms with E-state index in [0.29, 0.717) is 19.3 Å². The predicted octanol–water partition coefficient (Wildman–Crippen LogP) is 3.84. The molecule has 1 fully saturated rings. The van der Waals surface area contributed by atoms with Gasteiger partial charge in [0, 0.05) is 18.3 Å². The molecule has 2 unspecified atom stereocenters. The molecule has 0 spiro atoms. The average Bonchev–Trinajstić information content (AvgIpc) is 3.12. The smallest absolute Gasteiger partial charge is 0.165 e. The van der Waals surface area contributed by atoms with E-state index in [1.807, 2.05) is 6.92 Å². The van der Waals surface area contributed by atoms with Gasteiger partial charge < -0.3 is 19.3 Å². The van der Waals surface area contributed by atoms with Crippen LogP contribution in [0.1, 0.15) is 65.2 Å². The molecule has 0 bridgehead atoms. The van der Waals surface area contributed by atoms with E-state index in [2.05, 4.69) is 13.0 Å². The summed E-state index contributed by atoms with van der Waals surface area (Å²) in [5.41, 5.74) is 2.72. The van der Waals surface area contributed by atoms with Crippen molar-refractivity contribution in [3.63, 3.8) is 0 Å². The first-order chi connectivity index (χ1) is 11.5. The van der Waals surface area contributed by atoms with Crippen molar-refractivity contribution in [1.82, 2.24) is 0 Å². The van der Waals surface area contributed by atoms with Gasteiger partial charge in [-0.05, 0) is 56.6 Å². The Labute approximate surface area is 144 Å². The lowest BCUT2D eigenvalue weighted by atomic mass is 9.69. The molecule has 1 saturated heterocycles. The second-order valence-electron chi connectivity index (χ2n) is 8.19. The summed E-state index contributed by atoms with van der Waals surface area (Å²) in [7, 11) is 0. The summed E-state index contributed by atoms with van der Waals surface area (Å²) < 4.78 is 17.7. The van der Waals surface area contributed by atoms with Gasteiger partial charge in [-0.3, -0.25) is 0 Å². The fourth-order valence-corrected chi connectivity index (χ4v) is 4.87. The fraction of sp³-hybridized carbons (Fsp3) is 0.800. The number of ether oxygens (including phenoxy) is 3. The molecule has 134 valence electrons. The van der Waals surface area contributed by atoms with E-state index in [0.717, 1.165) is 51.4 Å². The third-order valence-electron chi connectivity index (χ3n) is 6.51. The highest BCUT2D eigenvalue weighted by molar-refractivity contribution is 5.45. The van der Waals surface area contributed by atoms with Gasteiger partial charge in [-0.15, -0.1) is 0 Å². The number of rotatable bonds is 4. The van der Waals surface area contributed by atoms with Gasteiger partial charge in [0.2, 0.25) is 0 Å². The zero-order chi connectivity index (χ0) is 16.8. The second kappa shape index (κ2) is 6.15. The van der Waals surface area contributed by atoms with E-state index < -0.39 is 0 Å². The molecule has 4 aliphatic rings. The number of aliphatic hydroxyl groups excluding tert-OH is 1. The van der Waals surface area contributed by atoms with Gasteiger partial charge in [0.15, 0.2) is 5.79 Å². The van der Waals surface area contributed by atoms with Crippen LogP contribution in [0.3, 0.4) is 0 Å². The SMILES string of the molecule is CC1(CCCC2CCC3=C(CC[C@@]4(C)C3=CCC4O)O2)OCCO1. The van der Waals surface area contributed by atoms with E-state index >= 15 is 0 Å². The number of hydrogen-bond donors (Lipinski definition) is 1. The Kier molecular flexibility index (Phi) is 4.26. The monoisotopic (exact) mass is 334 g/mol. The lowest BCUT2D eigenvalue weighted by molar-refractivity contribution is -0.148. The molecule has 0 aromatic rings. The molecule has 4 nitrogen and oxygen atoms in total. The van der Waals surface area contributed by atoms with Gasteiger partial charge in [0.25, 0.3) is 0 Å². The van der Waals surface area contributed by atoms with Crippen molar-refractivity contribution in [3.05, 3.63) is 23.0 Å². The lowest BCUT2D eigenvalue weighted by Crippen LogP contribution is -2.35. The first-order valence-corrected chi connectivity index (χ1v) is 9.56. The van der Waals surface area contributed by atoms with Gasteiger partial charge in [-0.25, -0.2) is 0 Å². The molecule has 2 aliphatic heterocycles. The van der Waals surface area contributed by atoms with Crippen molar-refractivity contribution >= 4 is 0 Å². The minimum Gasteiger partial charge on any atom is -0.494 e. The minimum atomic E-state index is -0.378. The molecule has 0 radical (unpaired) electrons. The van der Waals surface area contributed by atoms with Gasteiger partial charge >= 0.3 is 0 Å². The van der Waals surface area contributed by atoms with Gasteiger partial charge in [-0.2, -0.15) is 0 Å². The number of aliphatic hydroxyl groups is 1. The van der Waals surface area contributed by atoms with Crippen molar-refractivity contribution in [2.24, 2.45) is 5.41 Å². The maximum atomic E-state index is 10.3. The summed E-state index contributed by atoms with van der Waals surface area (Å²) in [4.78, 5) is 0. The van der Waals surface area contributed by atoms with Gasteiger partial charge in [0.1, 0.15) is 0 Å². The third-order valence-corrected chi connectivity index (χ3v) is 6.51. The maximum Gasteiger partial charge on any atom is 0.165 e. The molecule has 0 amide bonds. The Morgan fingerprint density at radius 3 is 2.79 bits per heavy atom. The van der Waals surface area contributed by atoms with Crippen LogP contribution in [0.15, 0.2) is 23.0 Å². The average molecular weight is 334 g/mol. The first kappa shape index (κ1) is 16.6. The third kappa shape index (κ3) is 2.83. The molecule has 4 rings (SSSR count). The molecule has 0 aromatic carbocycles. The van der Waals surface area contributed by atoms with Crippen LogP contribution >= 0.6 is 0 Å². The van der Waals surface area contributed by atoms with E-state index in [1.54, 1.807) is 0 Å². The molecule has 4 heteroatoms. The minimum absolute atomic E-state index is 0.0409. The second-order valence-corrected chi connectivity index (χ2v) is 8.19. The molecular weight excluding hydrogens is 304 g/mol. The zero-order valence-corrected chi connectivity index (χ0v) is 15.0. The van der Waals surface area contributed by atoms with Crippen LogP contribution in [0.4, 0.5) is 0 Å². The Hall–Kier alpha value is -0.840. The van der Waals surface area contributed by atoms with Crippen LogP contribution in [-0.2, 0) is 14.2 Å². The molecule has 0 saturated carbocycles. The van der Waals surface area contributed by atoms with Crippen LogP contribution in [0.25, 0.3) is 0 Å². The predicted molar refractivity (Wildman–Crippen MR) is 91.3 cm³/mol. The number of allylic oxidation sites excluding steroid dienone is 2. The highest BCUT2D eigenvalue weighted by atomic mass is 16.7. The maximum absolute atomic E-state index is 10.3. The van der Waals surface area contributed by atoms with Crippen LogP contribution < -0.4 is 0 Å². The van der Waals surface area contributed by atoms with Crippen molar-refractivity contribution < 1.29 is 19.3 Å². The normalized spacial score (nSPS) is 37.7. The quantitative estimate of drug-likeness (QED) is 0.848. The lowest BCUT2D eigenvalue weighted by Gasteiger charge is -2.41. The van der Waals surface area contributed by atoms with Crippen LogP contribution in [-0.4, -0.2) is 36.3 Å². The Bertz CT molecular complexity index is 558. The summed E-state index contributed by atoms with van der Waals surface area (Å²) in [5, 5.41) is 10.3. The summed E-state index contributed by atoms with van der Waals surface area (Å²) in [6.07, 6.45) is 10.4. The fourth-order valence-electron chi connectivity index (χ4n) is 4.87. The topological polar surface area (TPSA) is 47.9 Å². The van der Waals surface area contributed by atoms with Gasteiger partial charge in [-0.1, -0.05) is 13.0 Å². The molecule has 24 heavy (non-hydrogen) atoms. The molecule has 3 atom stereocenters. The van der Waals surface area contributed by atoms with E-state index in [-0.39, 0.29) is 17.3 Å². The van der Waals surface area contributed by atoms with E-state index in [1.165, 1.54) is 16.9 Å². The number of hydrogen-bond acceptors (Lipinski definition) is 4. The Balaban J connectivity index is 1.35. The number of fused-ring (bicyclic) bond motifs is 2. The standard InChI is InChI=1S/C20H30O4/c1-19-11-9-17-15(16(19)7-8-18(19)21)6-5-14(24-17)4-3-10-20(2)22-12-13-23-20/h7,14,18,21H,3-6,8-13H2,1-2H3/t14?,18?,19-/m0/s1. The highest BCUT2D eigenvalue weighted by Crippen LogP contribution is 2.53. The van der Waals surface area contributed by atoms with Crippen LogP contribution in [0.5, 0.6) is 0 Å². The Morgan fingerprint density at radius 2 is 2.00 bits per heavy atom. The highest BCUT2D eigenvalue weighted by Gasteiger charge is 2.46. The van der Waals surface area contributed by atoms with E-state index in [4.69, 9.17) is 14.2 Å². The van der Waals surface area contributed by atoms with E-state index in [9.17, 15) is 5.11 Å². The summed E-state index contributed by atoms with van der Waals surface area (Å²) >= 11 is 0. The zero-order valence-electron chi connectivity index (χ0n) is 15.0. The van der Waals surface area contributed by atoms with Crippen LogP contribution in [0.2, 0.25) is 0 Å². The molecule has 2 aliphatic carbocycles. The van der Waals surface area contributed by atoms with Gasteiger partial charge in [0.05, 0.1) is 31.2 Å². The molecule has 0 aromatic heterocycles. The van der Waals surface area contributed by atoms with Crippen molar-refractivity contribution in [2.75, 3.05) is 13.2 Å². The largest absolute Gasteiger partial charge is 0.494 e. The van der Waals surface area contributed by atoms with Crippen molar-refractivity contribution in [1.29, 1.82) is 0 Å². The summed E-state index contributed by atoms with van der Waals surface area (Å²) in [6.45, 7) is 5.69. The van der Waals surface area contributed by atoms with Crippen molar-refractivity contribution in [3.8, 4) is 0 Å². The summed E-state index contributed by atoms with van der Waals surface area (Å²) in [5.74, 6) is 0.819. The first-order valence-electron chi connectivity index (χ1n) is 9.56. The molecular formula is C20H30O4. The van der Waals surface area contributed by atoms with Crippen LogP contribution in [0, 0.1) is 5.41 Å².